The third-order valence-electron chi connectivity index (χ3n) is 3.19. The summed E-state index contributed by atoms with van der Waals surface area (Å²) in [7, 11) is 0. The largest absolute Gasteiger partial charge is 0.207 e. The van der Waals surface area contributed by atoms with Crippen LogP contribution < -0.4 is 0 Å². The highest BCUT2D eigenvalue weighted by atomic mass is 35.5. The first-order valence-corrected chi connectivity index (χ1v) is 10.5. The number of rotatable bonds is 6. The molecule has 0 bridgehead atoms. The molecule has 0 atom stereocenters. The first-order valence-electron chi connectivity index (χ1n) is 6.99. The van der Waals surface area contributed by atoms with Gasteiger partial charge in [0.1, 0.15) is 11.6 Å². The second-order valence-corrected chi connectivity index (χ2v) is 9.05. The number of nitrogens with zero attached hydrogens (tertiary/aromatic N) is 2. The first kappa shape index (κ1) is 18.9. The number of hydrogen-bond acceptors (Lipinski definition) is 5. The van der Waals surface area contributed by atoms with Gasteiger partial charge in [0.15, 0.2) is 8.68 Å². The molecule has 0 fully saturated rings. The van der Waals surface area contributed by atoms with Crippen LogP contribution >= 0.6 is 58.1 Å². The van der Waals surface area contributed by atoms with Gasteiger partial charge < -0.3 is 0 Å². The van der Waals surface area contributed by atoms with Crippen LogP contribution in [0.25, 0.3) is 0 Å². The molecule has 0 saturated heterocycles. The predicted octanol–water partition coefficient (Wildman–Crippen LogP) is 6.71. The lowest BCUT2D eigenvalue weighted by Gasteiger charge is -2.03. The molecule has 0 amide bonds. The summed E-state index contributed by atoms with van der Waals surface area (Å²) in [5.41, 5.74) is 0.883. The van der Waals surface area contributed by atoms with Crippen LogP contribution in [0.1, 0.15) is 11.1 Å². The van der Waals surface area contributed by atoms with Crippen LogP contribution in [0.4, 0.5) is 8.78 Å². The molecule has 0 radical (unpaired) electrons. The van der Waals surface area contributed by atoms with E-state index >= 15 is 0 Å². The zero-order valence-electron chi connectivity index (χ0n) is 12.5. The minimum Gasteiger partial charge on any atom is -0.207 e. The molecule has 0 spiro atoms. The number of thioether (sulfide) groups is 2. The highest BCUT2D eigenvalue weighted by Crippen LogP contribution is 2.35. The maximum atomic E-state index is 13.8. The second kappa shape index (κ2) is 8.68. The van der Waals surface area contributed by atoms with Crippen LogP contribution in [0.5, 0.6) is 0 Å². The minimum atomic E-state index is -0.340. The summed E-state index contributed by atoms with van der Waals surface area (Å²) in [4.78, 5) is 0. The molecule has 1 aromatic heterocycles. The van der Waals surface area contributed by atoms with E-state index in [1.807, 2.05) is 0 Å². The van der Waals surface area contributed by atoms with Gasteiger partial charge in [-0.2, -0.15) is 0 Å². The van der Waals surface area contributed by atoms with Crippen molar-refractivity contribution >= 4 is 58.1 Å². The lowest BCUT2D eigenvalue weighted by molar-refractivity contribution is 0.617. The molecular weight excluding hydrogens is 425 g/mol. The summed E-state index contributed by atoms with van der Waals surface area (Å²) >= 11 is 16.1. The highest BCUT2D eigenvalue weighted by Gasteiger charge is 2.12. The summed E-state index contributed by atoms with van der Waals surface area (Å²) in [5.74, 6) is 0.0510. The molecule has 0 aliphatic rings. The number of halogens is 4. The van der Waals surface area contributed by atoms with E-state index in [0.717, 1.165) is 0 Å². The van der Waals surface area contributed by atoms with E-state index in [9.17, 15) is 8.78 Å². The molecule has 0 aliphatic heterocycles. The molecule has 25 heavy (non-hydrogen) atoms. The lowest BCUT2D eigenvalue weighted by atomic mass is 10.2. The van der Waals surface area contributed by atoms with Crippen LogP contribution in [0.3, 0.4) is 0 Å². The van der Waals surface area contributed by atoms with Gasteiger partial charge in [-0.05, 0) is 24.3 Å². The van der Waals surface area contributed by atoms with E-state index < -0.39 is 0 Å². The van der Waals surface area contributed by atoms with Crippen LogP contribution in [-0.4, -0.2) is 10.2 Å². The monoisotopic (exact) mass is 434 g/mol. The molecule has 0 unspecified atom stereocenters. The van der Waals surface area contributed by atoms with Gasteiger partial charge in [0.2, 0.25) is 0 Å². The Balaban J connectivity index is 1.61. The average Bonchev–Trinajstić information content (AvgIpc) is 3.02. The molecule has 3 rings (SSSR count). The molecule has 130 valence electrons. The summed E-state index contributed by atoms with van der Waals surface area (Å²) in [6.45, 7) is 0. The Labute approximate surface area is 166 Å². The van der Waals surface area contributed by atoms with Gasteiger partial charge in [-0.15, -0.1) is 10.2 Å². The normalized spacial score (nSPS) is 11.0. The Morgan fingerprint density at radius 3 is 1.64 bits per heavy atom. The summed E-state index contributed by atoms with van der Waals surface area (Å²) in [6, 6.07) is 9.20. The third-order valence-corrected chi connectivity index (χ3v) is 7.14. The van der Waals surface area contributed by atoms with Gasteiger partial charge in [-0.25, -0.2) is 8.78 Å². The van der Waals surface area contributed by atoms with E-state index in [4.69, 9.17) is 23.2 Å². The van der Waals surface area contributed by atoms with Gasteiger partial charge in [-0.3, -0.25) is 0 Å². The SMILES string of the molecule is Fc1cccc(Cl)c1CSc1nnc(SCc2c(F)cccc2Cl)s1. The molecule has 0 saturated carbocycles. The fourth-order valence-electron chi connectivity index (χ4n) is 1.92. The Kier molecular flexibility index (Phi) is 6.57. The molecule has 0 N–H and O–H groups in total. The van der Waals surface area contributed by atoms with E-state index in [-0.39, 0.29) is 11.6 Å². The van der Waals surface area contributed by atoms with Crippen molar-refractivity contribution in [3.05, 3.63) is 69.2 Å². The average molecular weight is 435 g/mol. The Morgan fingerprint density at radius 2 is 1.24 bits per heavy atom. The molecule has 9 heteroatoms. The second-order valence-electron chi connectivity index (χ2n) is 4.81. The van der Waals surface area contributed by atoms with E-state index in [2.05, 4.69) is 10.2 Å². The molecule has 0 aliphatic carbocycles. The van der Waals surface area contributed by atoms with E-state index in [0.29, 0.717) is 41.4 Å². The standard InChI is InChI=1S/C16H10Cl2F2N2S3/c17-11-3-1-5-13(19)9(11)7-23-15-21-22-16(25-15)24-8-10-12(18)4-2-6-14(10)20/h1-6H,7-8H2. The Morgan fingerprint density at radius 1 is 0.800 bits per heavy atom. The van der Waals surface area contributed by atoms with Gasteiger partial charge in [-0.1, -0.05) is 70.2 Å². The first-order chi connectivity index (χ1) is 12.0. The fourth-order valence-corrected chi connectivity index (χ4v) is 5.63. The molecule has 3 aromatic rings. The quantitative estimate of drug-likeness (QED) is 0.402. The molecule has 2 nitrogen and oxygen atoms in total. The van der Waals surface area contributed by atoms with E-state index in [1.165, 1.54) is 47.0 Å². The predicted molar refractivity (Wildman–Crippen MR) is 102 cm³/mol. The minimum absolute atomic E-state index is 0.340. The van der Waals surface area contributed by atoms with Gasteiger partial charge in [0.05, 0.1) is 0 Å². The zero-order valence-corrected chi connectivity index (χ0v) is 16.5. The van der Waals surface area contributed by atoms with Crippen molar-refractivity contribution in [2.24, 2.45) is 0 Å². The van der Waals surface area contributed by atoms with Crippen LogP contribution in [0.15, 0.2) is 45.1 Å². The molecular formula is C16H10Cl2F2N2S3. The number of aromatic nitrogens is 2. The summed E-state index contributed by atoms with van der Waals surface area (Å²) in [6.07, 6.45) is 0. The van der Waals surface area contributed by atoms with Crippen molar-refractivity contribution in [2.75, 3.05) is 0 Å². The maximum Gasteiger partial charge on any atom is 0.175 e. The highest BCUT2D eigenvalue weighted by molar-refractivity contribution is 8.02. The fraction of sp³-hybridized carbons (Fsp3) is 0.125. The number of benzene rings is 2. The van der Waals surface area contributed by atoms with Crippen LogP contribution in [0, 0.1) is 11.6 Å². The summed E-state index contributed by atoms with van der Waals surface area (Å²) < 4.78 is 28.9. The van der Waals surface area contributed by atoms with Crippen molar-refractivity contribution < 1.29 is 8.78 Å². The molecule has 1 heterocycles. The third kappa shape index (κ3) is 4.86. The van der Waals surface area contributed by atoms with Crippen molar-refractivity contribution in [3.8, 4) is 0 Å². The van der Waals surface area contributed by atoms with Crippen LogP contribution in [0.2, 0.25) is 10.0 Å². The lowest BCUT2D eigenvalue weighted by Crippen LogP contribution is -1.88. The topological polar surface area (TPSA) is 25.8 Å². The molecule has 2 aromatic carbocycles. The summed E-state index contributed by atoms with van der Waals surface area (Å²) in [5, 5.41) is 8.91. The van der Waals surface area contributed by atoms with E-state index in [1.54, 1.807) is 24.3 Å². The van der Waals surface area contributed by atoms with Crippen molar-refractivity contribution in [1.29, 1.82) is 0 Å². The van der Waals surface area contributed by atoms with Crippen LogP contribution in [-0.2, 0) is 11.5 Å². The van der Waals surface area contributed by atoms with Gasteiger partial charge in [0.25, 0.3) is 0 Å². The Hall–Kier alpha value is -0.860. The van der Waals surface area contributed by atoms with Gasteiger partial charge >= 0.3 is 0 Å². The van der Waals surface area contributed by atoms with Gasteiger partial charge in [0, 0.05) is 32.7 Å². The number of hydrogen-bond donors (Lipinski definition) is 0. The zero-order chi connectivity index (χ0) is 17.8. The smallest absolute Gasteiger partial charge is 0.175 e. The van der Waals surface area contributed by atoms with Crippen molar-refractivity contribution in [1.82, 2.24) is 10.2 Å². The maximum absolute atomic E-state index is 13.8. The Bertz CT molecular complexity index is 779. The van der Waals surface area contributed by atoms with Crippen molar-refractivity contribution in [3.63, 3.8) is 0 Å². The van der Waals surface area contributed by atoms with Crippen molar-refractivity contribution in [2.45, 2.75) is 20.2 Å².